The van der Waals surface area contributed by atoms with Gasteiger partial charge in [-0.25, -0.2) is 4.79 Å². The second-order valence-corrected chi connectivity index (χ2v) is 1.77. The molecule has 0 spiro atoms. The molecule has 0 aromatic rings. The van der Waals surface area contributed by atoms with Crippen LogP contribution in [-0.4, -0.2) is 40.2 Å². The molecule has 6 nitrogen and oxygen atoms in total. The van der Waals surface area contributed by atoms with E-state index in [1.54, 1.807) is 0 Å². The van der Waals surface area contributed by atoms with Crippen LogP contribution in [0.4, 0.5) is 0 Å². The third-order valence-corrected chi connectivity index (χ3v) is 0.858. The summed E-state index contributed by atoms with van der Waals surface area (Å²) in [6.45, 7) is 0.598. The lowest BCUT2D eigenvalue weighted by Gasteiger charge is -2.08. The van der Waals surface area contributed by atoms with Crippen molar-refractivity contribution < 1.29 is 25.3 Å². The van der Waals surface area contributed by atoms with Crippen LogP contribution in [0.15, 0.2) is 0 Å². The lowest BCUT2D eigenvalue weighted by atomic mass is 10.3. The highest BCUT2D eigenvalue weighted by Gasteiger charge is 2.15. The fourth-order valence-corrected chi connectivity index (χ4v) is 0.431. The Hall–Kier alpha value is -1.14. The van der Waals surface area contributed by atoms with E-state index in [1.807, 2.05) is 5.32 Å². The Labute approximate surface area is 63.1 Å². The lowest BCUT2D eigenvalue weighted by Crippen LogP contribution is -2.42. The van der Waals surface area contributed by atoms with Gasteiger partial charge < -0.3 is 21.0 Å². The number of rotatable bonds is 3. The molecule has 0 heterocycles. The van der Waals surface area contributed by atoms with Gasteiger partial charge >= 0.3 is 5.97 Å². The summed E-state index contributed by atoms with van der Waals surface area (Å²) in [6, 6.07) is -1.18. The standard InChI is InChI=1S/C5H9NO4.H2O/c1-3(8)6-4(2-7)5(9)10;/h4,7H,2H2,1H3,(H,6,8)(H,9,10);1H2/t4-;/m0./s1. The van der Waals surface area contributed by atoms with Crippen LogP contribution >= 0.6 is 0 Å². The molecule has 0 fully saturated rings. The Morgan fingerprint density at radius 3 is 2.09 bits per heavy atom. The van der Waals surface area contributed by atoms with Gasteiger partial charge in [-0.05, 0) is 0 Å². The topological polar surface area (TPSA) is 118 Å². The van der Waals surface area contributed by atoms with E-state index in [9.17, 15) is 9.59 Å². The van der Waals surface area contributed by atoms with Crippen molar-refractivity contribution in [3.8, 4) is 0 Å². The molecular formula is C5H11NO5. The Morgan fingerprint density at radius 1 is 1.55 bits per heavy atom. The molecule has 0 aromatic heterocycles. The van der Waals surface area contributed by atoms with Gasteiger partial charge in [-0.3, -0.25) is 4.79 Å². The summed E-state index contributed by atoms with van der Waals surface area (Å²) in [6.07, 6.45) is 0. The van der Waals surface area contributed by atoms with Crippen molar-refractivity contribution in [3.05, 3.63) is 0 Å². The summed E-state index contributed by atoms with van der Waals surface area (Å²) < 4.78 is 0. The molecule has 0 unspecified atom stereocenters. The molecule has 11 heavy (non-hydrogen) atoms. The zero-order valence-electron chi connectivity index (χ0n) is 6.00. The van der Waals surface area contributed by atoms with Crippen LogP contribution in [-0.2, 0) is 9.59 Å². The maximum Gasteiger partial charge on any atom is 0.328 e. The number of aliphatic hydroxyl groups is 1. The van der Waals surface area contributed by atoms with Crippen LogP contribution in [0.5, 0.6) is 0 Å². The second-order valence-electron chi connectivity index (χ2n) is 1.77. The largest absolute Gasteiger partial charge is 0.480 e. The van der Waals surface area contributed by atoms with E-state index in [1.165, 1.54) is 6.92 Å². The number of hydrogen-bond acceptors (Lipinski definition) is 3. The molecule has 5 N–H and O–H groups in total. The van der Waals surface area contributed by atoms with Gasteiger partial charge in [0, 0.05) is 6.92 Å². The van der Waals surface area contributed by atoms with Gasteiger partial charge in [0.05, 0.1) is 6.61 Å². The third kappa shape index (κ3) is 5.31. The van der Waals surface area contributed by atoms with Crippen LogP contribution in [0.3, 0.4) is 0 Å². The number of carboxylic acids is 1. The van der Waals surface area contributed by atoms with E-state index < -0.39 is 24.5 Å². The van der Waals surface area contributed by atoms with E-state index in [0.29, 0.717) is 0 Å². The van der Waals surface area contributed by atoms with Gasteiger partial charge in [0.15, 0.2) is 0 Å². The maximum absolute atomic E-state index is 10.2. The summed E-state index contributed by atoms with van der Waals surface area (Å²) in [7, 11) is 0. The van der Waals surface area contributed by atoms with Gasteiger partial charge in [-0.1, -0.05) is 0 Å². The quantitative estimate of drug-likeness (QED) is 0.437. The highest BCUT2D eigenvalue weighted by atomic mass is 16.4. The maximum atomic E-state index is 10.2. The third-order valence-electron chi connectivity index (χ3n) is 0.858. The average Bonchev–Trinajstić information content (AvgIpc) is 1.81. The van der Waals surface area contributed by atoms with Crippen LogP contribution < -0.4 is 5.32 Å². The number of amides is 1. The first kappa shape index (κ1) is 12.5. The van der Waals surface area contributed by atoms with E-state index in [2.05, 4.69) is 0 Å². The molecule has 0 aliphatic heterocycles. The predicted octanol–water partition coefficient (Wildman–Crippen LogP) is -2.26. The van der Waals surface area contributed by atoms with E-state index >= 15 is 0 Å². The summed E-state index contributed by atoms with van der Waals surface area (Å²) in [5.74, 6) is -1.71. The summed E-state index contributed by atoms with van der Waals surface area (Å²) in [4.78, 5) is 20.3. The molecule has 0 aliphatic carbocycles. The first-order valence-corrected chi connectivity index (χ1v) is 2.68. The number of aliphatic hydroxyl groups excluding tert-OH is 1. The summed E-state index contributed by atoms with van der Waals surface area (Å²) in [5, 5.41) is 18.6. The van der Waals surface area contributed by atoms with Crippen LogP contribution in [0.2, 0.25) is 0 Å². The van der Waals surface area contributed by atoms with Gasteiger partial charge in [-0.15, -0.1) is 0 Å². The first-order chi connectivity index (χ1) is 4.57. The zero-order chi connectivity index (χ0) is 8.15. The van der Waals surface area contributed by atoms with Crippen molar-refractivity contribution in [1.29, 1.82) is 0 Å². The molecule has 1 amide bonds. The van der Waals surface area contributed by atoms with E-state index in [4.69, 9.17) is 10.2 Å². The van der Waals surface area contributed by atoms with Gasteiger partial charge in [0.1, 0.15) is 6.04 Å². The molecule has 1 atom stereocenters. The summed E-state index contributed by atoms with van der Waals surface area (Å²) in [5.41, 5.74) is 0. The molecule has 0 saturated carbocycles. The molecule has 0 rings (SSSR count). The van der Waals surface area contributed by atoms with Crippen LogP contribution in [0.1, 0.15) is 6.92 Å². The number of carbonyl (C=O) groups excluding carboxylic acids is 1. The molecule has 0 aliphatic rings. The van der Waals surface area contributed by atoms with Crippen LogP contribution in [0.25, 0.3) is 0 Å². The minimum Gasteiger partial charge on any atom is -0.480 e. The van der Waals surface area contributed by atoms with Gasteiger partial charge in [0.2, 0.25) is 5.91 Å². The Balaban J connectivity index is 0. The molecular weight excluding hydrogens is 154 g/mol. The van der Waals surface area contributed by atoms with Gasteiger partial charge in [0.25, 0.3) is 0 Å². The van der Waals surface area contributed by atoms with Crippen LogP contribution in [0, 0.1) is 0 Å². The predicted molar refractivity (Wildman–Crippen MR) is 35.9 cm³/mol. The Kier molecular flexibility index (Phi) is 6.41. The number of carboxylic acid groups (broad SMARTS) is 1. The molecule has 0 bridgehead atoms. The monoisotopic (exact) mass is 165 g/mol. The second kappa shape index (κ2) is 5.63. The zero-order valence-corrected chi connectivity index (χ0v) is 6.00. The smallest absolute Gasteiger partial charge is 0.328 e. The fraction of sp³-hybridized carbons (Fsp3) is 0.600. The van der Waals surface area contributed by atoms with E-state index in [-0.39, 0.29) is 5.48 Å². The highest BCUT2D eigenvalue weighted by Crippen LogP contribution is 1.80. The van der Waals surface area contributed by atoms with Crippen molar-refractivity contribution in [2.24, 2.45) is 0 Å². The van der Waals surface area contributed by atoms with Gasteiger partial charge in [-0.2, -0.15) is 0 Å². The SMILES string of the molecule is CC(=O)N[C@@H](CO)C(=O)O.O. The van der Waals surface area contributed by atoms with Crippen molar-refractivity contribution in [2.45, 2.75) is 13.0 Å². The highest BCUT2D eigenvalue weighted by molar-refractivity contribution is 5.82. The Bertz CT molecular complexity index is 146. The average molecular weight is 165 g/mol. The fourth-order valence-electron chi connectivity index (χ4n) is 0.431. The normalized spacial score (nSPS) is 11.1. The Morgan fingerprint density at radius 2 is 2.00 bits per heavy atom. The number of carbonyl (C=O) groups is 2. The minimum absolute atomic E-state index is 0. The van der Waals surface area contributed by atoms with Crippen molar-refractivity contribution in [1.82, 2.24) is 5.32 Å². The number of hydrogen-bond donors (Lipinski definition) is 3. The minimum atomic E-state index is -1.24. The van der Waals surface area contributed by atoms with Crippen molar-refractivity contribution in [2.75, 3.05) is 6.61 Å². The summed E-state index contributed by atoms with van der Waals surface area (Å²) >= 11 is 0. The number of aliphatic carboxylic acids is 1. The molecule has 66 valence electrons. The van der Waals surface area contributed by atoms with Crippen molar-refractivity contribution >= 4 is 11.9 Å². The molecule has 0 aromatic carbocycles. The molecule has 0 saturated heterocycles. The molecule has 6 heteroatoms. The first-order valence-electron chi connectivity index (χ1n) is 2.68. The van der Waals surface area contributed by atoms with E-state index in [0.717, 1.165) is 0 Å². The van der Waals surface area contributed by atoms with Crippen molar-refractivity contribution in [3.63, 3.8) is 0 Å². The number of nitrogens with one attached hydrogen (secondary N) is 1. The lowest BCUT2D eigenvalue weighted by molar-refractivity contribution is -0.142. The molecule has 0 radical (unpaired) electrons.